The number of amides is 2. The maximum absolute atomic E-state index is 15.6. The number of hydrogen-bond donors (Lipinski definition) is 2. The Bertz CT molecular complexity index is 3920. The Labute approximate surface area is 512 Å². The van der Waals surface area contributed by atoms with Gasteiger partial charge in [0.15, 0.2) is 11.6 Å². The quantitative estimate of drug-likeness (QED) is 0.0682. The predicted molar refractivity (Wildman–Crippen MR) is 345 cm³/mol. The molecule has 14 nitrogen and oxygen atoms in total. The highest BCUT2D eigenvalue weighted by molar-refractivity contribution is 8.01. The third-order valence-electron chi connectivity index (χ3n) is 15.9. The van der Waals surface area contributed by atoms with Crippen LogP contribution >= 0.6 is 14.3 Å². The number of anilines is 2. The van der Waals surface area contributed by atoms with E-state index in [1.54, 1.807) is 79.7 Å². The molecule has 0 radical (unpaired) electrons. The van der Waals surface area contributed by atoms with E-state index in [1.165, 1.54) is 60.7 Å². The number of benzene rings is 8. The summed E-state index contributed by atoms with van der Waals surface area (Å²) in [7, 11) is -9.26. The molecular formula is C72H68N2O12P2. The van der Waals surface area contributed by atoms with Crippen LogP contribution < -0.4 is 30.7 Å². The molecular weight excluding hydrogens is 1150 g/mol. The van der Waals surface area contributed by atoms with Gasteiger partial charge in [-0.25, -0.2) is 0 Å². The van der Waals surface area contributed by atoms with Crippen molar-refractivity contribution in [2.24, 2.45) is 0 Å². The van der Waals surface area contributed by atoms with Crippen molar-refractivity contribution in [2.45, 2.75) is 95.9 Å². The predicted octanol–water partition coefficient (Wildman–Crippen LogP) is 14.3. The highest BCUT2D eigenvalue weighted by atomic mass is 31.2. The number of aryl methyl sites for hydroxylation is 12. The van der Waals surface area contributed by atoms with E-state index >= 15 is 9.13 Å². The van der Waals surface area contributed by atoms with E-state index in [-0.39, 0.29) is 104 Å². The minimum absolute atomic E-state index is 0.00735. The second-order valence-corrected chi connectivity index (χ2v) is 28.0. The van der Waals surface area contributed by atoms with Gasteiger partial charge in [-0.15, -0.1) is 0 Å². The smallest absolute Gasteiger partial charge is 0.248 e. The highest BCUT2D eigenvalue weighted by Gasteiger charge is 2.47. The molecule has 16 heteroatoms. The minimum atomic E-state index is -4.63. The number of carbonyl (C=O) groups is 8. The lowest BCUT2D eigenvalue weighted by Gasteiger charge is -2.23. The summed E-state index contributed by atoms with van der Waals surface area (Å²) in [5.41, 5.74) is 5.68. The van der Waals surface area contributed by atoms with Gasteiger partial charge < -0.3 is 29.2 Å². The first-order valence-corrected chi connectivity index (χ1v) is 32.2. The molecule has 2 N–H and O–H groups in total. The molecule has 8 aromatic carbocycles. The van der Waals surface area contributed by atoms with Crippen LogP contribution in [0.3, 0.4) is 0 Å². The van der Waals surface area contributed by atoms with Crippen LogP contribution in [0.2, 0.25) is 0 Å². The van der Waals surface area contributed by atoms with E-state index in [4.69, 9.17) is 9.47 Å². The van der Waals surface area contributed by atoms with Crippen molar-refractivity contribution >= 4 is 81.7 Å². The normalized spacial score (nSPS) is 12.0. The third kappa shape index (κ3) is 12.1. The first kappa shape index (κ1) is 63.3. The van der Waals surface area contributed by atoms with Gasteiger partial charge in [0.05, 0.1) is 48.6 Å². The summed E-state index contributed by atoms with van der Waals surface area (Å²) in [5, 5.41) is 5.41. The van der Waals surface area contributed by atoms with Crippen LogP contribution in [-0.2, 0) is 18.7 Å². The van der Waals surface area contributed by atoms with Crippen LogP contribution in [0.25, 0.3) is 0 Å². The maximum atomic E-state index is 15.6. The van der Waals surface area contributed by atoms with Crippen LogP contribution in [0.1, 0.15) is 153 Å². The number of nitrogens with one attached hydrogen (secondary N) is 2. The molecule has 2 amide bonds. The Hall–Kier alpha value is -9.22. The monoisotopic (exact) mass is 1210 g/mol. The summed E-state index contributed by atoms with van der Waals surface area (Å²) in [6.45, 7) is 21.0. The number of rotatable bonds is 20. The molecule has 0 bridgehead atoms. The average Bonchev–Trinajstić information content (AvgIpc) is 0.786. The molecule has 1 aliphatic rings. The number of hydrogen-bond acceptors (Lipinski definition) is 12. The van der Waals surface area contributed by atoms with E-state index < -0.39 is 59.8 Å². The number of ether oxygens (including phenoxy) is 2. The second kappa shape index (κ2) is 25.2. The van der Waals surface area contributed by atoms with Crippen molar-refractivity contribution in [3.05, 3.63) is 245 Å². The lowest BCUT2D eigenvalue weighted by atomic mass is 9.82. The van der Waals surface area contributed by atoms with Crippen molar-refractivity contribution < 1.29 is 57.0 Å². The molecule has 8 aromatic rings. The summed E-state index contributed by atoms with van der Waals surface area (Å²) >= 11 is 0. The Morgan fingerprint density at radius 1 is 0.364 bits per heavy atom. The lowest BCUT2D eigenvalue weighted by molar-refractivity contribution is -0.117. The molecule has 0 heterocycles. The van der Waals surface area contributed by atoms with Gasteiger partial charge in [0.1, 0.15) is 11.5 Å². The van der Waals surface area contributed by atoms with Gasteiger partial charge in [0.2, 0.25) is 48.2 Å². The fourth-order valence-corrected chi connectivity index (χ4v) is 17.5. The van der Waals surface area contributed by atoms with Crippen molar-refractivity contribution in [1.29, 1.82) is 0 Å². The van der Waals surface area contributed by atoms with Gasteiger partial charge in [-0.3, -0.25) is 38.4 Å². The van der Waals surface area contributed by atoms with Gasteiger partial charge in [0.25, 0.3) is 0 Å². The highest BCUT2D eigenvalue weighted by Crippen LogP contribution is 2.55. The van der Waals surface area contributed by atoms with Gasteiger partial charge >= 0.3 is 0 Å². The average molecular weight is 1220 g/mol. The molecule has 0 atom stereocenters. The number of fused-ring (bicyclic) bond motifs is 2. The summed E-state index contributed by atoms with van der Waals surface area (Å²) in [6.07, 6.45) is -0.582. The van der Waals surface area contributed by atoms with Gasteiger partial charge in [-0.2, -0.15) is 0 Å². The van der Waals surface area contributed by atoms with Gasteiger partial charge in [-0.05, 0) is 164 Å². The van der Waals surface area contributed by atoms with Crippen LogP contribution in [0.4, 0.5) is 11.4 Å². The van der Waals surface area contributed by atoms with Crippen LogP contribution in [-0.4, -0.2) is 58.7 Å². The molecule has 0 aliphatic heterocycles. The Balaban J connectivity index is 0.927. The van der Waals surface area contributed by atoms with Crippen LogP contribution in [0.5, 0.6) is 11.5 Å². The Kier molecular flexibility index (Phi) is 18.2. The van der Waals surface area contributed by atoms with E-state index in [9.17, 15) is 38.4 Å². The van der Waals surface area contributed by atoms with Crippen LogP contribution in [0, 0.1) is 83.1 Å². The zero-order valence-electron chi connectivity index (χ0n) is 51.3. The van der Waals surface area contributed by atoms with E-state index in [1.807, 2.05) is 76.2 Å². The van der Waals surface area contributed by atoms with Gasteiger partial charge in [0, 0.05) is 44.0 Å². The first-order valence-electron chi connectivity index (χ1n) is 28.8. The SMILES string of the molecule is Cc1cc(C)c(C(=O)P(=O)(C(=O)c2c(C)cc(C)cc2C)c2cccc(OCCC(=O)Nc3ccc(NC(=O)CCOc4cccc(P(=O)(C(=O)c5c(C)cc(C)cc5C)C(=O)c5c(C)cc(C)cc5C)c4)c4c3C(=O)c3ccccc3C4=O)c2)c(C)c1. The van der Waals surface area contributed by atoms with Gasteiger partial charge in [-0.1, -0.05) is 119 Å². The summed E-state index contributed by atoms with van der Waals surface area (Å²) in [4.78, 5) is 115. The molecule has 9 rings (SSSR count). The van der Waals surface area contributed by atoms with E-state index in [0.717, 1.165) is 22.3 Å². The Morgan fingerprint density at radius 2 is 0.636 bits per heavy atom. The lowest BCUT2D eigenvalue weighted by Crippen LogP contribution is -2.27. The molecule has 0 saturated carbocycles. The summed E-state index contributed by atoms with van der Waals surface area (Å²) < 4.78 is 43.3. The fourth-order valence-electron chi connectivity index (χ4n) is 12.3. The minimum Gasteiger partial charge on any atom is -0.493 e. The first-order chi connectivity index (χ1) is 41.6. The number of carbonyl (C=O) groups excluding carboxylic acids is 8. The van der Waals surface area contributed by atoms with E-state index in [0.29, 0.717) is 44.5 Å². The molecule has 0 fully saturated rings. The molecule has 88 heavy (non-hydrogen) atoms. The second-order valence-electron chi connectivity index (χ2n) is 22.9. The van der Waals surface area contributed by atoms with Crippen molar-refractivity contribution in [2.75, 3.05) is 23.8 Å². The topological polar surface area (TPSA) is 213 Å². The Morgan fingerprint density at radius 3 is 0.909 bits per heavy atom. The zero-order chi connectivity index (χ0) is 63.8. The standard InChI is InChI=1S/C72H68N2O12P2/c1-39-29-43(5)61(44(6)30-39)69(79)87(83,70(80)62-45(7)31-40(2)32-46(62)8)53-19-15-17-51(37-53)85-27-25-59(75)73-57-23-24-58(66-65(57)67(77)55-21-13-14-22-56(55)68(66)78)74-60(76)26-28-86-52-18-16-20-54(38-52)88(84,71(81)63-47(9)33-41(3)34-48(63)10)72(82)64-49(11)35-42(4)36-50(64)12/h13-24,29-38H,25-28H2,1-12H3,(H,73,75)(H,74,76). The van der Waals surface area contributed by atoms with Crippen molar-refractivity contribution in [3.8, 4) is 11.5 Å². The largest absolute Gasteiger partial charge is 0.493 e. The molecule has 0 spiro atoms. The molecule has 448 valence electrons. The number of ketones is 2. The van der Waals surface area contributed by atoms with Crippen molar-refractivity contribution in [1.82, 2.24) is 0 Å². The molecule has 0 saturated heterocycles. The summed E-state index contributed by atoms with van der Waals surface area (Å²) in [6, 6.07) is 35.3. The molecule has 0 aromatic heterocycles. The third-order valence-corrected chi connectivity index (χ3v) is 21.1. The van der Waals surface area contributed by atoms with E-state index in [2.05, 4.69) is 10.6 Å². The molecule has 1 aliphatic carbocycles. The van der Waals surface area contributed by atoms with Crippen molar-refractivity contribution in [3.63, 3.8) is 0 Å². The summed E-state index contributed by atoms with van der Waals surface area (Å²) in [5.74, 6) is -2.13. The molecule has 0 unspecified atom stereocenters. The zero-order valence-corrected chi connectivity index (χ0v) is 53.1. The fraction of sp³-hybridized carbons (Fsp3) is 0.222. The maximum Gasteiger partial charge on any atom is 0.248 e. The van der Waals surface area contributed by atoms with Crippen LogP contribution in [0.15, 0.2) is 133 Å².